The van der Waals surface area contributed by atoms with Crippen molar-refractivity contribution in [1.82, 2.24) is 4.98 Å². The molecule has 0 aliphatic rings. The van der Waals surface area contributed by atoms with Gasteiger partial charge < -0.3 is 0 Å². The Bertz CT molecular complexity index is 508. The third kappa shape index (κ3) is 1.53. The van der Waals surface area contributed by atoms with Gasteiger partial charge in [0.1, 0.15) is 0 Å². The van der Waals surface area contributed by atoms with E-state index in [4.69, 9.17) is 11.6 Å². The van der Waals surface area contributed by atoms with Crippen LogP contribution in [0.15, 0.2) is 22.7 Å². The molecule has 14 heavy (non-hydrogen) atoms. The van der Waals surface area contributed by atoms with Crippen molar-refractivity contribution in [3.8, 4) is 0 Å². The number of benzene rings is 1. The molecule has 0 aliphatic carbocycles. The van der Waals surface area contributed by atoms with Gasteiger partial charge in [-0.15, -0.1) is 0 Å². The second kappa shape index (κ2) is 3.52. The first-order valence-electron chi connectivity index (χ1n) is 4.31. The molecule has 0 saturated carbocycles. The summed E-state index contributed by atoms with van der Waals surface area (Å²) >= 11 is 9.65. The van der Waals surface area contributed by atoms with Crippen LogP contribution < -0.4 is 0 Å². The summed E-state index contributed by atoms with van der Waals surface area (Å²) in [6, 6.07) is 5.94. The van der Waals surface area contributed by atoms with Gasteiger partial charge in [0.25, 0.3) is 0 Å². The predicted molar refractivity (Wildman–Crippen MR) is 63.9 cm³/mol. The van der Waals surface area contributed by atoms with Crippen LogP contribution in [0.2, 0.25) is 5.02 Å². The number of halogens is 2. The Balaban J connectivity index is 2.91. The molecule has 0 aliphatic heterocycles. The number of pyridine rings is 1. The lowest BCUT2D eigenvalue weighted by Gasteiger charge is -2.06. The molecule has 0 spiro atoms. The van der Waals surface area contributed by atoms with Crippen molar-refractivity contribution in [3.63, 3.8) is 0 Å². The minimum absolute atomic E-state index is 0.806. The van der Waals surface area contributed by atoms with E-state index in [1.54, 1.807) is 0 Å². The van der Waals surface area contributed by atoms with E-state index in [9.17, 15) is 0 Å². The van der Waals surface area contributed by atoms with Crippen LogP contribution in [0.25, 0.3) is 10.9 Å². The molecule has 1 heterocycles. The van der Waals surface area contributed by atoms with Crippen LogP contribution in [0.5, 0.6) is 0 Å². The monoisotopic (exact) mass is 269 g/mol. The summed E-state index contributed by atoms with van der Waals surface area (Å²) in [7, 11) is 0. The Morgan fingerprint density at radius 1 is 1.29 bits per heavy atom. The molecule has 0 radical (unpaired) electrons. The average molecular weight is 271 g/mol. The highest BCUT2D eigenvalue weighted by molar-refractivity contribution is 9.10. The third-order valence-electron chi connectivity index (χ3n) is 2.36. The van der Waals surface area contributed by atoms with Crippen LogP contribution in [0.3, 0.4) is 0 Å². The summed E-state index contributed by atoms with van der Waals surface area (Å²) in [5.74, 6) is 0. The second-order valence-electron chi connectivity index (χ2n) is 3.30. The van der Waals surface area contributed by atoms with Crippen molar-refractivity contribution in [2.24, 2.45) is 0 Å². The summed E-state index contributed by atoms with van der Waals surface area (Å²) in [5, 5.41) is 1.82. The van der Waals surface area contributed by atoms with Gasteiger partial charge in [0.05, 0.1) is 10.5 Å². The fourth-order valence-electron chi connectivity index (χ4n) is 1.41. The van der Waals surface area contributed by atoms with E-state index >= 15 is 0 Å². The fraction of sp³-hybridized carbons (Fsp3) is 0.182. The molecule has 1 aromatic heterocycles. The zero-order valence-corrected chi connectivity index (χ0v) is 10.3. The van der Waals surface area contributed by atoms with E-state index in [2.05, 4.69) is 20.9 Å². The Morgan fingerprint density at radius 2 is 2.00 bits per heavy atom. The third-order valence-corrected chi connectivity index (χ3v) is 3.34. The molecule has 72 valence electrons. The number of aryl methyl sites for hydroxylation is 1. The molecule has 0 N–H and O–H groups in total. The van der Waals surface area contributed by atoms with Gasteiger partial charge in [0.2, 0.25) is 0 Å². The van der Waals surface area contributed by atoms with Gasteiger partial charge in [-0.05, 0) is 31.5 Å². The molecule has 1 nitrogen and oxygen atoms in total. The number of rotatable bonds is 0. The SMILES string of the molecule is Cc1nc2cc(Br)ccc2c(Cl)c1C. The van der Waals surface area contributed by atoms with E-state index in [1.807, 2.05) is 32.0 Å². The lowest BCUT2D eigenvalue weighted by atomic mass is 10.1. The van der Waals surface area contributed by atoms with Gasteiger partial charge in [-0.25, -0.2) is 0 Å². The number of nitrogens with zero attached hydrogens (tertiary/aromatic N) is 1. The highest BCUT2D eigenvalue weighted by Gasteiger charge is 2.06. The minimum atomic E-state index is 0.806. The number of aromatic nitrogens is 1. The molecular weight excluding hydrogens is 261 g/mol. The Morgan fingerprint density at radius 3 is 2.71 bits per heavy atom. The van der Waals surface area contributed by atoms with Crippen LogP contribution in [0.4, 0.5) is 0 Å². The van der Waals surface area contributed by atoms with E-state index in [0.717, 1.165) is 31.7 Å². The largest absolute Gasteiger partial charge is 0.253 e. The Kier molecular flexibility index (Phi) is 2.50. The Labute approximate surface area is 96.2 Å². The second-order valence-corrected chi connectivity index (χ2v) is 4.59. The number of fused-ring (bicyclic) bond motifs is 1. The van der Waals surface area contributed by atoms with Gasteiger partial charge in [-0.1, -0.05) is 33.6 Å². The first kappa shape index (κ1) is 9.94. The zero-order chi connectivity index (χ0) is 10.3. The van der Waals surface area contributed by atoms with E-state index in [0.29, 0.717) is 0 Å². The standard InChI is InChI=1S/C11H9BrClN/c1-6-7(2)14-10-5-8(12)3-4-9(10)11(6)13/h3-5H,1-2H3. The zero-order valence-electron chi connectivity index (χ0n) is 7.94. The minimum Gasteiger partial charge on any atom is -0.253 e. The molecule has 2 rings (SSSR count). The summed E-state index contributed by atoms with van der Waals surface area (Å²) < 4.78 is 1.02. The highest BCUT2D eigenvalue weighted by atomic mass is 79.9. The Hall–Kier alpha value is -0.600. The van der Waals surface area contributed by atoms with Crippen LogP contribution in [0.1, 0.15) is 11.3 Å². The normalized spacial score (nSPS) is 10.9. The van der Waals surface area contributed by atoms with E-state index in [1.165, 1.54) is 0 Å². The van der Waals surface area contributed by atoms with Crippen LogP contribution in [-0.2, 0) is 0 Å². The molecule has 1 aromatic carbocycles. The number of hydrogen-bond acceptors (Lipinski definition) is 1. The van der Waals surface area contributed by atoms with Crippen molar-refractivity contribution in [1.29, 1.82) is 0 Å². The topological polar surface area (TPSA) is 12.9 Å². The molecule has 0 bridgehead atoms. The quantitative estimate of drug-likeness (QED) is 0.697. The van der Waals surface area contributed by atoms with Crippen LogP contribution >= 0.6 is 27.5 Å². The van der Waals surface area contributed by atoms with Gasteiger partial charge in [0, 0.05) is 15.6 Å². The lowest BCUT2D eigenvalue weighted by Crippen LogP contribution is -1.90. The van der Waals surface area contributed by atoms with Crippen LogP contribution in [-0.4, -0.2) is 4.98 Å². The predicted octanol–water partition coefficient (Wildman–Crippen LogP) is 4.27. The molecule has 0 atom stereocenters. The summed E-state index contributed by atoms with van der Waals surface area (Å²) in [6.07, 6.45) is 0. The maximum atomic E-state index is 6.23. The molecule has 2 aromatic rings. The highest BCUT2D eigenvalue weighted by Crippen LogP contribution is 2.28. The van der Waals surface area contributed by atoms with E-state index in [-0.39, 0.29) is 0 Å². The smallest absolute Gasteiger partial charge is 0.0731 e. The molecule has 3 heteroatoms. The first-order chi connectivity index (χ1) is 6.59. The van der Waals surface area contributed by atoms with Gasteiger partial charge in [0.15, 0.2) is 0 Å². The lowest BCUT2D eigenvalue weighted by molar-refractivity contribution is 1.20. The maximum Gasteiger partial charge on any atom is 0.0731 e. The summed E-state index contributed by atoms with van der Waals surface area (Å²) in [4.78, 5) is 4.48. The fourth-order valence-corrected chi connectivity index (χ4v) is 2.05. The number of hydrogen-bond donors (Lipinski definition) is 0. The molecule has 0 fully saturated rings. The van der Waals surface area contributed by atoms with E-state index < -0.39 is 0 Å². The summed E-state index contributed by atoms with van der Waals surface area (Å²) in [6.45, 7) is 3.97. The van der Waals surface area contributed by atoms with Crippen molar-refractivity contribution in [2.45, 2.75) is 13.8 Å². The molecular formula is C11H9BrClN. The maximum absolute atomic E-state index is 6.23. The summed E-state index contributed by atoms with van der Waals surface area (Å²) in [5.41, 5.74) is 2.98. The average Bonchev–Trinajstić information content (AvgIpc) is 2.14. The van der Waals surface area contributed by atoms with Crippen LogP contribution in [0, 0.1) is 13.8 Å². The van der Waals surface area contributed by atoms with Gasteiger partial charge in [-0.2, -0.15) is 0 Å². The molecule has 0 amide bonds. The van der Waals surface area contributed by atoms with Gasteiger partial charge >= 0.3 is 0 Å². The molecule has 0 unspecified atom stereocenters. The van der Waals surface area contributed by atoms with Crippen molar-refractivity contribution in [3.05, 3.63) is 39.0 Å². The van der Waals surface area contributed by atoms with Crippen molar-refractivity contribution < 1.29 is 0 Å². The van der Waals surface area contributed by atoms with Crippen molar-refractivity contribution in [2.75, 3.05) is 0 Å². The molecule has 0 saturated heterocycles. The van der Waals surface area contributed by atoms with Crippen molar-refractivity contribution >= 4 is 38.4 Å². The van der Waals surface area contributed by atoms with Gasteiger partial charge in [-0.3, -0.25) is 4.98 Å². The first-order valence-corrected chi connectivity index (χ1v) is 5.48.